The number of anilines is 1. The normalized spacial score (nSPS) is 9.73. The van der Waals surface area contributed by atoms with Crippen LogP contribution in [0.25, 0.3) is 0 Å². The van der Waals surface area contributed by atoms with Crippen LogP contribution in [0.3, 0.4) is 0 Å². The molecular formula is C7H10IN3. The summed E-state index contributed by atoms with van der Waals surface area (Å²) in [5.41, 5.74) is 0. The number of alkyl halides is 1. The van der Waals surface area contributed by atoms with Crippen LogP contribution in [0.2, 0.25) is 0 Å². The van der Waals surface area contributed by atoms with Crippen molar-refractivity contribution in [3.63, 3.8) is 0 Å². The van der Waals surface area contributed by atoms with E-state index in [4.69, 9.17) is 0 Å². The van der Waals surface area contributed by atoms with Crippen LogP contribution in [0.5, 0.6) is 0 Å². The van der Waals surface area contributed by atoms with Crippen molar-refractivity contribution in [1.82, 2.24) is 9.97 Å². The van der Waals surface area contributed by atoms with Crippen molar-refractivity contribution >= 4 is 28.4 Å². The summed E-state index contributed by atoms with van der Waals surface area (Å²) in [5.74, 6) is 1.85. The number of halogens is 1. The van der Waals surface area contributed by atoms with E-state index in [1.54, 1.807) is 6.20 Å². The van der Waals surface area contributed by atoms with Gasteiger partial charge in [-0.3, -0.25) is 0 Å². The Morgan fingerprint density at radius 2 is 2.27 bits per heavy atom. The Morgan fingerprint density at radius 3 is 2.82 bits per heavy atom. The van der Waals surface area contributed by atoms with Crippen LogP contribution < -0.4 is 4.90 Å². The van der Waals surface area contributed by atoms with Crippen LogP contribution in [0, 0.1) is 0 Å². The predicted octanol–water partition coefficient (Wildman–Crippen LogP) is 1.48. The maximum atomic E-state index is 4.30. The maximum absolute atomic E-state index is 4.30. The predicted molar refractivity (Wildman–Crippen MR) is 54.1 cm³/mol. The van der Waals surface area contributed by atoms with Gasteiger partial charge in [0.2, 0.25) is 0 Å². The summed E-state index contributed by atoms with van der Waals surface area (Å²) in [7, 11) is 3.94. The summed E-state index contributed by atoms with van der Waals surface area (Å²) < 4.78 is 0.861. The van der Waals surface area contributed by atoms with Gasteiger partial charge in [-0.2, -0.15) is 0 Å². The zero-order valence-corrected chi connectivity index (χ0v) is 8.74. The Balaban J connectivity index is 2.91. The van der Waals surface area contributed by atoms with Crippen LogP contribution in [0.4, 0.5) is 5.82 Å². The third kappa shape index (κ3) is 2.28. The van der Waals surface area contributed by atoms with Gasteiger partial charge in [0.05, 0.1) is 4.43 Å². The molecule has 0 aliphatic heterocycles. The van der Waals surface area contributed by atoms with Crippen LogP contribution in [-0.2, 0) is 4.43 Å². The van der Waals surface area contributed by atoms with E-state index in [1.807, 2.05) is 25.1 Å². The van der Waals surface area contributed by atoms with E-state index in [9.17, 15) is 0 Å². The van der Waals surface area contributed by atoms with Gasteiger partial charge in [-0.1, -0.05) is 22.6 Å². The number of nitrogens with zero attached hydrogens (tertiary/aromatic N) is 3. The van der Waals surface area contributed by atoms with E-state index in [2.05, 4.69) is 32.6 Å². The molecule has 0 saturated carbocycles. The highest BCUT2D eigenvalue weighted by atomic mass is 127. The maximum Gasteiger partial charge on any atom is 0.140 e. The summed E-state index contributed by atoms with van der Waals surface area (Å²) in [6, 6.07) is 1.90. The van der Waals surface area contributed by atoms with Crippen molar-refractivity contribution < 1.29 is 0 Å². The third-order valence-electron chi connectivity index (χ3n) is 1.27. The zero-order valence-electron chi connectivity index (χ0n) is 6.58. The minimum Gasteiger partial charge on any atom is -0.363 e. The molecule has 0 aliphatic rings. The largest absolute Gasteiger partial charge is 0.363 e. The first-order valence-corrected chi connectivity index (χ1v) is 4.82. The Morgan fingerprint density at radius 1 is 1.55 bits per heavy atom. The lowest BCUT2D eigenvalue weighted by atomic mass is 10.5. The van der Waals surface area contributed by atoms with E-state index >= 15 is 0 Å². The van der Waals surface area contributed by atoms with Crippen LogP contribution in [0.15, 0.2) is 12.3 Å². The molecule has 0 spiro atoms. The molecule has 0 aliphatic carbocycles. The molecule has 1 rings (SSSR count). The fraction of sp³-hybridized carbons (Fsp3) is 0.429. The van der Waals surface area contributed by atoms with Gasteiger partial charge in [0.1, 0.15) is 11.6 Å². The molecule has 0 atom stereocenters. The minimum atomic E-state index is 0.861. The first-order chi connectivity index (χ1) is 5.24. The fourth-order valence-corrected chi connectivity index (χ4v) is 1.07. The second kappa shape index (κ2) is 3.85. The van der Waals surface area contributed by atoms with Crippen LogP contribution in [-0.4, -0.2) is 24.1 Å². The first kappa shape index (κ1) is 8.70. The van der Waals surface area contributed by atoms with Crippen LogP contribution >= 0.6 is 22.6 Å². The standard InChI is InChI=1S/C7H10IN3/c1-11(2)7-3-4-9-6(5-8)10-7/h3-4H,5H2,1-2H3. The lowest BCUT2D eigenvalue weighted by Crippen LogP contribution is -2.11. The molecule has 0 radical (unpaired) electrons. The van der Waals surface area contributed by atoms with E-state index in [-0.39, 0.29) is 0 Å². The SMILES string of the molecule is CN(C)c1ccnc(CI)n1. The van der Waals surface area contributed by atoms with Crippen molar-refractivity contribution in [2.24, 2.45) is 0 Å². The van der Waals surface area contributed by atoms with E-state index in [1.165, 1.54) is 0 Å². The molecule has 0 saturated heterocycles. The van der Waals surface area contributed by atoms with Gasteiger partial charge < -0.3 is 4.90 Å². The van der Waals surface area contributed by atoms with Crippen molar-refractivity contribution in [1.29, 1.82) is 0 Å². The highest BCUT2D eigenvalue weighted by Crippen LogP contribution is 2.07. The Bertz CT molecular complexity index is 237. The first-order valence-electron chi connectivity index (χ1n) is 3.29. The summed E-state index contributed by atoms with van der Waals surface area (Å²) in [6.45, 7) is 0. The third-order valence-corrected chi connectivity index (χ3v) is 1.95. The lowest BCUT2D eigenvalue weighted by molar-refractivity contribution is 0.985. The smallest absolute Gasteiger partial charge is 0.140 e. The summed E-state index contributed by atoms with van der Waals surface area (Å²) >= 11 is 2.25. The molecule has 11 heavy (non-hydrogen) atoms. The van der Waals surface area contributed by atoms with Gasteiger partial charge in [0.25, 0.3) is 0 Å². The van der Waals surface area contributed by atoms with Crippen molar-refractivity contribution in [3.05, 3.63) is 18.1 Å². The average molecular weight is 263 g/mol. The number of rotatable bonds is 2. The van der Waals surface area contributed by atoms with Gasteiger partial charge >= 0.3 is 0 Å². The molecule has 0 amide bonds. The fourth-order valence-electron chi connectivity index (χ4n) is 0.702. The molecule has 3 nitrogen and oxygen atoms in total. The average Bonchev–Trinajstić information content (AvgIpc) is 2.05. The lowest BCUT2D eigenvalue weighted by Gasteiger charge is -2.10. The molecule has 0 fully saturated rings. The van der Waals surface area contributed by atoms with E-state index in [0.29, 0.717) is 0 Å². The summed E-state index contributed by atoms with van der Waals surface area (Å²) in [6.07, 6.45) is 1.79. The molecule has 0 bridgehead atoms. The van der Waals surface area contributed by atoms with Gasteiger partial charge in [0, 0.05) is 20.3 Å². The van der Waals surface area contributed by atoms with Crippen molar-refractivity contribution in [3.8, 4) is 0 Å². The monoisotopic (exact) mass is 263 g/mol. The number of aromatic nitrogens is 2. The Hall–Kier alpha value is -0.390. The van der Waals surface area contributed by atoms with Gasteiger partial charge in [-0.05, 0) is 6.07 Å². The van der Waals surface area contributed by atoms with Crippen molar-refractivity contribution in [2.75, 3.05) is 19.0 Å². The zero-order chi connectivity index (χ0) is 8.27. The Kier molecular flexibility index (Phi) is 3.04. The second-order valence-electron chi connectivity index (χ2n) is 2.36. The molecule has 1 aromatic heterocycles. The molecule has 0 aromatic carbocycles. The summed E-state index contributed by atoms with van der Waals surface area (Å²) in [4.78, 5) is 10.4. The molecular weight excluding hydrogens is 253 g/mol. The van der Waals surface area contributed by atoms with E-state index < -0.39 is 0 Å². The quantitative estimate of drug-likeness (QED) is 0.597. The molecule has 60 valence electrons. The van der Waals surface area contributed by atoms with Gasteiger partial charge in [0.15, 0.2) is 0 Å². The Labute approximate surface area is 80.0 Å². The molecule has 0 N–H and O–H groups in total. The highest BCUT2D eigenvalue weighted by Gasteiger charge is 1.97. The van der Waals surface area contributed by atoms with E-state index in [0.717, 1.165) is 16.1 Å². The molecule has 0 unspecified atom stereocenters. The van der Waals surface area contributed by atoms with Crippen LogP contribution in [0.1, 0.15) is 5.82 Å². The molecule has 1 aromatic rings. The topological polar surface area (TPSA) is 29.0 Å². The van der Waals surface area contributed by atoms with Crippen molar-refractivity contribution in [2.45, 2.75) is 4.43 Å². The highest BCUT2D eigenvalue weighted by molar-refractivity contribution is 14.1. The number of hydrogen-bond acceptors (Lipinski definition) is 3. The summed E-state index contributed by atoms with van der Waals surface area (Å²) in [5, 5.41) is 0. The number of hydrogen-bond donors (Lipinski definition) is 0. The van der Waals surface area contributed by atoms with Gasteiger partial charge in [-0.25, -0.2) is 9.97 Å². The second-order valence-corrected chi connectivity index (χ2v) is 3.12. The molecule has 1 heterocycles. The van der Waals surface area contributed by atoms with Gasteiger partial charge in [-0.15, -0.1) is 0 Å². The minimum absolute atomic E-state index is 0.861. The molecule has 4 heteroatoms.